The zero-order valence-corrected chi connectivity index (χ0v) is 47.3. The van der Waals surface area contributed by atoms with E-state index in [9.17, 15) is 0 Å². The molecule has 0 fully saturated rings. The molecule has 0 radical (unpaired) electrons. The van der Waals surface area contributed by atoms with Gasteiger partial charge in [0, 0.05) is 50.7 Å². The Morgan fingerprint density at radius 3 is 1.47 bits per heavy atom. The summed E-state index contributed by atoms with van der Waals surface area (Å²) in [4.78, 5) is 27.0. The van der Waals surface area contributed by atoms with Crippen LogP contribution in [-0.2, 0) is 36.5 Å². The lowest BCUT2D eigenvalue weighted by Gasteiger charge is -2.22. The monoisotopic (exact) mass is 1010 g/mol. The molecule has 3 heterocycles. The van der Waals surface area contributed by atoms with Crippen LogP contribution in [-0.4, -0.2) is 29.5 Å². The molecule has 0 unspecified atom stereocenters. The van der Waals surface area contributed by atoms with Gasteiger partial charge in [0.15, 0.2) is 17.5 Å². The second-order valence-corrected chi connectivity index (χ2v) is 23.5. The molecule has 77 heavy (non-hydrogen) atoms. The minimum absolute atomic E-state index is 0.0678. The molecule has 10 rings (SSSR count). The molecule has 7 aromatic carbocycles. The van der Waals surface area contributed by atoms with E-state index in [-0.39, 0.29) is 10.8 Å². The normalized spacial score (nSPS) is 12.0. The average Bonchev–Trinajstić information content (AvgIpc) is 3.91. The maximum absolute atomic E-state index is 5.54. The fourth-order valence-electron chi connectivity index (χ4n) is 10.7. The van der Waals surface area contributed by atoms with E-state index < -0.39 is 0 Å². The molecule has 0 aliphatic heterocycles. The first-order chi connectivity index (χ1) is 37.1. The lowest BCUT2D eigenvalue weighted by molar-refractivity contribution is 0.589. The maximum atomic E-state index is 5.54. The summed E-state index contributed by atoms with van der Waals surface area (Å²) in [6.07, 6.45) is 10.5. The molecule has 3 aromatic heterocycles. The van der Waals surface area contributed by atoms with Gasteiger partial charge in [0.1, 0.15) is 5.82 Å². The molecule has 0 amide bonds. The summed E-state index contributed by atoms with van der Waals surface area (Å²) in [7, 11) is 0. The summed E-state index contributed by atoms with van der Waals surface area (Å²) in [5.74, 6) is 2.76. The van der Waals surface area contributed by atoms with Crippen LogP contribution >= 0.6 is 0 Å². The second-order valence-electron chi connectivity index (χ2n) is 23.5. The van der Waals surface area contributed by atoms with Crippen molar-refractivity contribution in [1.29, 1.82) is 0 Å². The lowest BCUT2D eigenvalue weighted by Crippen LogP contribution is -2.13. The fraction of sp³-hybridized carbons (Fsp3) is 0.310. The highest BCUT2D eigenvalue weighted by atomic mass is 15.0. The summed E-state index contributed by atoms with van der Waals surface area (Å²) < 4.78 is 2.49. The third kappa shape index (κ3) is 11.9. The number of nitrogens with zero attached hydrogens (tertiary/aromatic N) is 6. The topological polar surface area (TPSA) is 69.4 Å². The van der Waals surface area contributed by atoms with Crippen molar-refractivity contribution in [2.75, 3.05) is 0 Å². The van der Waals surface area contributed by atoms with Gasteiger partial charge in [-0.1, -0.05) is 178 Å². The number of rotatable bonds is 17. The lowest BCUT2D eigenvalue weighted by atomic mass is 9.84. The summed E-state index contributed by atoms with van der Waals surface area (Å²) in [6.45, 7) is 22.7. The third-order valence-electron chi connectivity index (χ3n) is 15.1. The zero-order valence-electron chi connectivity index (χ0n) is 47.3. The smallest absolute Gasteiger partial charge is 0.163 e. The predicted molar refractivity (Wildman–Crippen MR) is 324 cm³/mol. The van der Waals surface area contributed by atoms with E-state index in [0.29, 0.717) is 29.7 Å². The molecule has 0 bridgehead atoms. The van der Waals surface area contributed by atoms with Crippen molar-refractivity contribution in [3.8, 4) is 62.4 Å². The molecule has 0 aliphatic rings. The van der Waals surface area contributed by atoms with E-state index in [0.717, 1.165) is 108 Å². The molecule has 6 nitrogen and oxygen atoms in total. The van der Waals surface area contributed by atoms with Gasteiger partial charge in [0.05, 0.1) is 22.4 Å². The van der Waals surface area contributed by atoms with Crippen LogP contribution in [0, 0.1) is 6.92 Å². The molecule has 0 saturated carbocycles. The molecule has 0 N–H and O–H groups in total. The highest BCUT2D eigenvalue weighted by Gasteiger charge is 2.23. The first-order valence-electron chi connectivity index (χ1n) is 28.4. The van der Waals surface area contributed by atoms with Crippen molar-refractivity contribution >= 4 is 21.8 Å². The molecule has 0 spiro atoms. The van der Waals surface area contributed by atoms with Crippen molar-refractivity contribution in [3.63, 3.8) is 0 Å². The first kappa shape index (κ1) is 52.9. The van der Waals surface area contributed by atoms with Gasteiger partial charge in [0.25, 0.3) is 0 Å². The average molecular weight is 1010 g/mol. The van der Waals surface area contributed by atoms with Gasteiger partial charge in [0.2, 0.25) is 0 Å². The number of aryl methyl sites for hydroxylation is 4. The van der Waals surface area contributed by atoms with Crippen molar-refractivity contribution < 1.29 is 0 Å². The minimum atomic E-state index is -0.0687. The van der Waals surface area contributed by atoms with Crippen molar-refractivity contribution in [2.45, 2.75) is 144 Å². The molecular weight excluding hydrogens is 937 g/mol. The van der Waals surface area contributed by atoms with E-state index in [2.05, 4.69) is 225 Å². The molecule has 390 valence electrons. The van der Waals surface area contributed by atoms with Crippen LogP contribution in [0.5, 0.6) is 0 Å². The van der Waals surface area contributed by atoms with Crippen molar-refractivity contribution in [2.24, 2.45) is 0 Å². The van der Waals surface area contributed by atoms with Gasteiger partial charge in [-0.15, -0.1) is 0 Å². The summed E-state index contributed by atoms with van der Waals surface area (Å²) in [5, 5.41) is 2.57. The van der Waals surface area contributed by atoms with Crippen LogP contribution < -0.4 is 0 Å². The summed E-state index contributed by atoms with van der Waals surface area (Å²) in [5.41, 5.74) is 18.9. The van der Waals surface area contributed by atoms with Crippen molar-refractivity contribution in [1.82, 2.24) is 29.5 Å². The Kier molecular flexibility index (Phi) is 15.5. The van der Waals surface area contributed by atoms with Crippen molar-refractivity contribution in [3.05, 3.63) is 202 Å². The van der Waals surface area contributed by atoms with Crippen LogP contribution in [0.3, 0.4) is 0 Å². The molecule has 6 heteroatoms. The number of hydrogen-bond donors (Lipinski definition) is 0. The summed E-state index contributed by atoms with van der Waals surface area (Å²) in [6, 6.07) is 57.9. The van der Waals surface area contributed by atoms with Crippen LogP contribution in [0.25, 0.3) is 84.2 Å². The van der Waals surface area contributed by atoms with Gasteiger partial charge in [-0.2, -0.15) is 0 Å². The highest BCUT2D eigenvalue weighted by Crippen LogP contribution is 2.39. The number of hydrogen-bond acceptors (Lipinski definition) is 5. The van der Waals surface area contributed by atoms with E-state index in [1.54, 1.807) is 0 Å². The number of benzene rings is 7. The number of fused-ring (bicyclic) bond motifs is 3. The molecule has 10 aromatic rings. The Morgan fingerprint density at radius 1 is 0.403 bits per heavy atom. The van der Waals surface area contributed by atoms with Crippen LogP contribution in [0.4, 0.5) is 0 Å². The van der Waals surface area contributed by atoms with Gasteiger partial charge in [-0.05, 0) is 156 Å². The van der Waals surface area contributed by atoms with Crippen LogP contribution in [0.2, 0.25) is 0 Å². The second kappa shape index (κ2) is 22.6. The Bertz CT molecular complexity index is 3580. The minimum Gasteiger partial charge on any atom is -0.309 e. The quantitative estimate of drug-likeness (QED) is 0.0909. The predicted octanol–water partition coefficient (Wildman–Crippen LogP) is 18.6. The molecule has 0 atom stereocenters. The van der Waals surface area contributed by atoms with Gasteiger partial charge >= 0.3 is 0 Å². The van der Waals surface area contributed by atoms with Gasteiger partial charge in [-0.25, -0.2) is 24.9 Å². The van der Waals surface area contributed by atoms with Crippen LogP contribution in [0.15, 0.2) is 158 Å². The maximum Gasteiger partial charge on any atom is 0.163 e. The Morgan fingerprint density at radius 2 is 0.909 bits per heavy atom. The van der Waals surface area contributed by atoms with Gasteiger partial charge < -0.3 is 4.57 Å². The SMILES string of the molecule is CCCCc1cc(-c2nc(Cc3cc(-c4cc(-c5ccccc5)nc(-c5ccccc5)n4)ccc3-n3c4ccc(CCCC)cc4c4cc(CCCC)ccc43)nc(-c3cc(C)cc(C(C)(C)C)c3)n2)cc(C(C)(C)C)c1. The Hall–Kier alpha value is -7.57. The largest absolute Gasteiger partial charge is 0.309 e. The Labute approximate surface area is 458 Å². The standard InChI is InChI=1S/C71H76N6/c1-11-14-23-48-30-33-64-59(40-48)60-41-49(24-15-12-2)31-34-65(60)77(64)63-35-32-53(62-46-61(51-26-19-17-20-27-51)72-67(73-62)52-28-21-18-22-29-52)42-54(63)45-66-74-68(55-36-47(4)37-57(43-55)70(5,6)7)76-69(75-66)56-38-50(25-16-13-3)39-58(44-56)71(8,9)10/h17-22,26-44,46H,11-16,23-25,45H2,1-10H3. The number of unbranched alkanes of at least 4 members (excludes halogenated alkanes) is 3. The molecule has 0 aliphatic carbocycles. The van der Waals surface area contributed by atoms with E-state index in [1.165, 1.54) is 55.2 Å². The van der Waals surface area contributed by atoms with E-state index in [1.807, 2.05) is 6.07 Å². The summed E-state index contributed by atoms with van der Waals surface area (Å²) >= 11 is 0. The van der Waals surface area contributed by atoms with Gasteiger partial charge in [-0.3, -0.25) is 0 Å². The fourth-order valence-corrected chi connectivity index (χ4v) is 10.7. The molecular formula is C71H76N6. The Balaban J connectivity index is 1.24. The van der Waals surface area contributed by atoms with E-state index in [4.69, 9.17) is 24.9 Å². The zero-order chi connectivity index (χ0) is 53.8. The first-order valence-corrected chi connectivity index (χ1v) is 28.4. The third-order valence-corrected chi connectivity index (χ3v) is 15.1. The van der Waals surface area contributed by atoms with E-state index >= 15 is 0 Å². The number of aromatic nitrogens is 6. The van der Waals surface area contributed by atoms with Crippen LogP contribution in [0.1, 0.15) is 146 Å². The molecule has 0 saturated heterocycles. The highest BCUT2D eigenvalue weighted by molar-refractivity contribution is 6.10.